The van der Waals surface area contributed by atoms with Crippen molar-refractivity contribution in [3.05, 3.63) is 36.4 Å². The average Bonchev–Trinajstić information content (AvgIpc) is 2.32. The van der Waals surface area contributed by atoms with Crippen molar-refractivity contribution in [1.29, 1.82) is 0 Å². The normalized spacial score (nSPS) is 10.5. The highest BCUT2D eigenvalue weighted by molar-refractivity contribution is 5.39. The molecule has 0 radical (unpaired) electrons. The highest BCUT2D eigenvalue weighted by Crippen LogP contribution is 2.24. The van der Waals surface area contributed by atoms with Gasteiger partial charge in [-0.15, -0.1) is 6.58 Å². The van der Waals surface area contributed by atoms with Crippen molar-refractivity contribution >= 4 is 0 Å². The first-order valence-electron chi connectivity index (χ1n) is 5.51. The second-order valence-electron chi connectivity index (χ2n) is 3.74. The lowest BCUT2D eigenvalue weighted by molar-refractivity contribution is 0.202. The van der Waals surface area contributed by atoms with Crippen LogP contribution < -0.4 is 4.74 Å². The second kappa shape index (κ2) is 6.93. The zero-order valence-electron chi connectivity index (χ0n) is 10.1. The van der Waals surface area contributed by atoms with E-state index in [0.717, 1.165) is 5.56 Å². The second-order valence-corrected chi connectivity index (χ2v) is 3.74. The van der Waals surface area contributed by atoms with Crippen LogP contribution in [0, 0.1) is 0 Å². The number of hydrogen-bond acceptors (Lipinski definition) is 4. The van der Waals surface area contributed by atoms with E-state index in [4.69, 9.17) is 9.84 Å². The summed E-state index contributed by atoms with van der Waals surface area (Å²) in [5, 5.41) is 18.7. The number of rotatable bonds is 7. The van der Waals surface area contributed by atoms with Crippen LogP contribution in [0.25, 0.3) is 0 Å². The van der Waals surface area contributed by atoms with Gasteiger partial charge in [0, 0.05) is 25.2 Å². The van der Waals surface area contributed by atoms with E-state index in [1.54, 1.807) is 31.4 Å². The third kappa shape index (κ3) is 4.09. The molecule has 0 fully saturated rings. The quantitative estimate of drug-likeness (QED) is 0.703. The van der Waals surface area contributed by atoms with Crippen molar-refractivity contribution < 1.29 is 14.9 Å². The molecule has 0 unspecified atom stereocenters. The number of methoxy groups -OCH3 is 1. The van der Waals surface area contributed by atoms with E-state index in [9.17, 15) is 5.11 Å². The molecule has 0 heterocycles. The number of nitrogens with zero attached hydrogens (tertiary/aromatic N) is 1. The van der Waals surface area contributed by atoms with Gasteiger partial charge in [0.1, 0.15) is 11.5 Å². The summed E-state index contributed by atoms with van der Waals surface area (Å²) in [6.45, 7) is 5.51. The molecule has 0 saturated heterocycles. The van der Waals surface area contributed by atoms with Gasteiger partial charge >= 0.3 is 0 Å². The first-order valence-corrected chi connectivity index (χ1v) is 5.51. The number of phenols is 1. The molecule has 4 nitrogen and oxygen atoms in total. The molecule has 0 bridgehead atoms. The van der Waals surface area contributed by atoms with E-state index in [0.29, 0.717) is 25.4 Å². The van der Waals surface area contributed by atoms with Crippen LogP contribution in [0.5, 0.6) is 11.5 Å². The van der Waals surface area contributed by atoms with E-state index in [-0.39, 0.29) is 12.4 Å². The van der Waals surface area contributed by atoms with Crippen molar-refractivity contribution in [3.63, 3.8) is 0 Å². The molecule has 0 aliphatic heterocycles. The Morgan fingerprint density at radius 3 is 2.82 bits per heavy atom. The maximum atomic E-state index is 9.75. The highest BCUT2D eigenvalue weighted by atomic mass is 16.5. The third-order valence-electron chi connectivity index (χ3n) is 2.48. The van der Waals surface area contributed by atoms with Gasteiger partial charge in [0.25, 0.3) is 0 Å². The SMILES string of the molecule is C=CCN(CCO)Cc1cc(OC)ccc1O. The molecule has 0 aliphatic carbocycles. The van der Waals surface area contributed by atoms with Crippen molar-refractivity contribution in [3.8, 4) is 11.5 Å². The van der Waals surface area contributed by atoms with E-state index in [2.05, 4.69) is 6.58 Å². The Morgan fingerprint density at radius 1 is 1.47 bits per heavy atom. The maximum absolute atomic E-state index is 9.75. The zero-order chi connectivity index (χ0) is 12.7. The molecule has 1 aromatic carbocycles. The van der Waals surface area contributed by atoms with Crippen LogP contribution >= 0.6 is 0 Å². The standard InChI is InChI=1S/C13H19NO3/c1-3-6-14(7-8-15)10-11-9-12(17-2)4-5-13(11)16/h3-5,9,15-16H,1,6-8,10H2,2H3. The molecule has 1 aromatic rings. The van der Waals surface area contributed by atoms with Gasteiger partial charge in [-0.1, -0.05) is 6.08 Å². The van der Waals surface area contributed by atoms with Crippen LogP contribution in [0.15, 0.2) is 30.9 Å². The lowest BCUT2D eigenvalue weighted by atomic mass is 10.1. The van der Waals surface area contributed by atoms with Crippen molar-refractivity contribution in [2.45, 2.75) is 6.54 Å². The van der Waals surface area contributed by atoms with Crippen LogP contribution in [0.1, 0.15) is 5.56 Å². The Bertz CT molecular complexity index is 366. The van der Waals surface area contributed by atoms with Crippen LogP contribution in [0.3, 0.4) is 0 Å². The predicted molar refractivity (Wildman–Crippen MR) is 67.2 cm³/mol. The molecule has 4 heteroatoms. The summed E-state index contributed by atoms with van der Waals surface area (Å²) < 4.78 is 5.11. The van der Waals surface area contributed by atoms with Gasteiger partial charge in [-0.3, -0.25) is 4.90 Å². The number of ether oxygens (including phenoxy) is 1. The molecule has 0 saturated carbocycles. The number of phenolic OH excluding ortho intramolecular Hbond substituents is 1. The maximum Gasteiger partial charge on any atom is 0.120 e. The van der Waals surface area contributed by atoms with Gasteiger partial charge in [0.2, 0.25) is 0 Å². The number of aliphatic hydroxyl groups excluding tert-OH is 1. The lowest BCUT2D eigenvalue weighted by Crippen LogP contribution is -2.26. The number of aromatic hydroxyl groups is 1. The molecule has 0 aliphatic rings. The number of aliphatic hydroxyl groups is 1. The molecule has 1 rings (SSSR count). The first kappa shape index (κ1) is 13.5. The Kier molecular flexibility index (Phi) is 5.52. The van der Waals surface area contributed by atoms with Crippen LogP contribution in [0.2, 0.25) is 0 Å². The van der Waals surface area contributed by atoms with Crippen LogP contribution in [0.4, 0.5) is 0 Å². The fourth-order valence-electron chi connectivity index (χ4n) is 1.62. The summed E-state index contributed by atoms with van der Waals surface area (Å²) in [6, 6.07) is 5.12. The van der Waals surface area contributed by atoms with Gasteiger partial charge in [0.05, 0.1) is 13.7 Å². The van der Waals surface area contributed by atoms with Gasteiger partial charge in [-0.05, 0) is 18.2 Å². The smallest absolute Gasteiger partial charge is 0.120 e. The average molecular weight is 237 g/mol. The molecule has 17 heavy (non-hydrogen) atoms. The Hall–Kier alpha value is -1.52. The largest absolute Gasteiger partial charge is 0.508 e. The van der Waals surface area contributed by atoms with Crippen molar-refractivity contribution in [1.82, 2.24) is 4.90 Å². The molecular weight excluding hydrogens is 218 g/mol. The van der Waals surface area contributed by atoms with E-state index < -0.39 is 0 Å². The molecule has 0 atom stereocenters. The summed E-state index contributed by atoms with van der Waals surface area (Å²) in [5.41, 5.74) is 0.777. The molecule has 0 spiro atoms. The number of hydrogen-bond donors (Lipinski definition) is 2. The molecule has 0 amide bonds. The summed E-state index contributed by atoms with van der Waals surface area (Å²) in [6.07, 6.45) is 1.77. The number of benzene rings is 1. The minimum absolute atomic E-state index is 0.0819. The molecular formula is C13H19NO3. The summed E-state index contributed by atoms with van der Waals surface area (Å²) in [4.78, 5) is 1.99. The summed E-state index contributed by atoms with van der Waals surface area (Å²) in [7, 11) is 1.59. The lowest BCUT2D eigenvalue weighted by Gasteiger charge is -2.20. The van der Waals surface area contributed by atoms with Crippen LogP contribution in [-0.2, 0) is 6.54 Å². The Labute approximate surface area is 102 Å². The minimum Gasteiger partial charge on any atom is -0.508 e. The van der Waals surface area contributed by atoms with E-state index in [1.807, 2.05) is 4.90 Å². The Morgan fingerprint density at radius 2 is 2.24 bits per heavy atom. The fourth-order valence-corrected chi connectivity index (χ4v) is 1.62. The first-order chi connectivity index (χ1) is 8.21. The molecule has 2 N–H and O–H groups in total. The van der Waals surface area contributed by atoms with Gasteiger partial charge in [-0.2, -0.15) is 0 Å². The topological polar surface area (TPSA) is 52.9 Å². The van der Waals surface area contributed by atoms with Gasteiger partial charge in [0.15, 0.2) is 0 Å². The third-order valence-corrected chi connectivity index (χ3v) is 2.48. The monoisotopic (exact) mass is 237 g/mol. The van der Waals surface area contributed by atoms with Crippen molar-refractivity contribution in [2.24, 2.45) is 0 Å². The summed E-state index contributed by atoms with van der Waals surface area (Å²) >= 11 is 0. The van der Waals surface area contributed by atoms with Gasteiger partial charge < -0.3 is 14.9 Å². The van der Waals surface area contributed by atoms with Crippen LogP contribution in [-0.4, -0.2) is 41.9 Å². The van der Waals surface area contributed by atoms with E-state index >= 15 is 0 Å². The highest BCUT2D eigenvalue weighted by Gasteiger charge is 2.08. The fraction of sp³-hybridized carbons (Fsp3) is 0.385. The molecule has 94 valence electrons. The zero-order valence-corrected chi connectivity index (χ0v) is 10.1. The van der Waals surface area contributed by atoms with Gasteiger partial charge in [-0.25, -0.2) is 0 Å². The van der Waals surface area contributed by atoms with Crippen molar-refractivity contribution in [2.75, 3.05) is 26.8 Å². The summed E-state index contributed by atoms with van der Waals surface area (Å²) in [5.74, 6) is 0.943. The molecule has 0 aromatic heterocycles. The predicted octanol–water partition coefficient (Wildman–Crippen LogP) is 1.38. The Balaban J connectivity index is 2.79. The van der Waals surface area contributed by atoms with E-state index in [1.165, 1.54) is 0 Å². The minimum atomic E-state index is 0.0819.